The number of carbonyl (C=O) groups excluding carboxylic acids is 1. The van der Waals surface area contributed by atoms with E-state index in [1.165, 1.54) is 22.5 Å². The molecule has 0 atom stereocenters. The summed E-state index contributed by atoms with van der Waals surface area (Å²) in [6.45, 7) is 5.67. The molecule has 0 radical (unpaired) electrons. The van der Waals surface area contributed by atoms with Crippen LogP contribution in [-0.4, -0.2) is 10.9 Å². The number of hydrogen-bond donors (Lipinski definition) is 0. The summed E-state index contributed by atoms with van der Waals surface area (Å²) < 4.78 is 0. The summed E-state index contributed by atoms with van der Waals surface area (Å²) in [5.41, 5.74) is 5.50. The molecule has 0 bridgehead atoms. The monoisotopic (exact) mass is 382 g/mol. The molecule has 3 aromatic rings. The average Bonchev–Trinajstić information content (AvgIpc) is 3.06. The first-order valence-corrected chi connectivity index (χ1v) is 10.5. The minimum atomic E-state index is -0.0187. The van der Waals surface area contributed by atoms with Gasteiger partial charge in [0.05, 0.1) is 11.4 Å². The molecule has 0 aliphatic heterocycles. The van der Waals surface area contributed by atoms with Gasteiger partial charge in [-0.05, 0) is 31.0 Å². The van der Waals surface area contributed by atoms with Gasteiger partial charge in [0.1, 0.15) is 0 Å². The fraction of sp³-hybridized carbons (Fsp3) is 0.238. The highest BCUT2D eigenvalue weighted by Crippen LogP contribution is 2.32. The lowest BCUT2D eigenvalue weighted by Gasteiger charge is -2.20. The van der Waals surface area contributed by atoms with Gasteiger partial charge in [-0.1, -0.05) is 48.0 Å². The maximum Gasteiger partial charge on any atom is 0.230 e. The van der Waals surface area contributed by atoms with Gasteiger partial charge >= 0.3 is 0 Å². The summed E-state index contributed by atoms with van der Waals surface area (Å²) in [7, 11) is 0. The molecule has 0 fully saturated rings. The van der Waals surface area contributed by atoms with Crippen LogP contribution < -0.4 is 4.90 Å². The summed E-state index contributed by atoms with van der Waals surface area (Å²) in [6, 6.07) is 16.5. The molecule has 3 rings (SSSR count). The van der Waals surface area contributed by atoms with Crippen LogP contribution in [-0.2, 0) is 16.3 Å². The van der Waals surface area contributed by atoms with Crippen LogP contribution in [0.3, 0.4) is 0 Å². The molecule has 0 saturated carbocycles. The second-order valence-electron chi connectivity index (χ2n) is 6.24. The van der Waals surface area contributed by atoms with E-state index >= 15 is 0 Å². The number of hydrogen-bond acceptors (Lipinski definition) is 4. The Bertz CT molecular complexity index is 890. The first-order valence-electron chi connectivity index (χ1n) is 8.48. The van der Waals surface area contributed by atoms with Crippen LogP contribution in [0.5, 0.6) is 0 Å². The zero-order valence-corrected chi connectivity index (χ0v) is 16.9. The van der Waals surface area contributed by atoms with Crippen molar-refractivity contribution in [2.45, 2.75) is 32.3 Å². The van der Waals surface area contributed by atoms with Crippen molar-refractivity contribution in [3.63, 3.8) is 0 Å². The Morgan fingerprint density at radius 2 is 1.88 bits per heavy atom. The molecule has 3 nitrogen and oxygen atoms in total. The molecule has 0 aliphatic carbocycles. The average molecular weight is 383 g/mol. The largest absolute Gasteiger partial charge is 0.274 e. The van der Waals surface area contributed by atoms with Crippen molar-refractivity contribution in [1.82, 2.24) is 4.98 Å². The quantitative estimate of drug-likeness (QED) is 0.534. The number of aromatic nitrogens is 1. The van der Waals surface area contributed by atoms with E-state index in [4.69, 9.17) is 4.98 Å². The van der Waals surface area contributed by atoms with E-state index in [-0.39, 0.29) is 5.91 Å². The molecule has 5 heteroatoms. The van der Waals surface area contributed by atoms with Crippen LogP contribution in [0.2, 0.25) is 0 Å². The van der Waals surface area contributed by atoms with Crippen LogP contribution in [0, 0.1) is 13.8 Å². The summed E-state index contributed by atoms with van der Waals surface area (Å²) >= 11 is 3.36. The van der Waals surface area contributed by atoms with Crippen LogP contribution in [0.25, 0.3) is 0 Å². The van der Waals surface area contributed by atoms with Gasteiger partial charge in [-0.3, -0.25) is 9.69 Å². The van der Waals surface area contributed by atoms with Gasteiger partial charge in [0, 0.05) is 23.8 Å². The molecule has 1 heterocycles. The van der Waals surface area contributed by atoms with Crippen LogP contribution in [0.1, 0.15) is 29.3 Å². The predicted molar refractivity (Wildman–Crippen MR) is 112 cm³/mol. The van der Waals surface area contributed by atoms with Crippen molar-refractivity contribution in [3.05, 3.63) is 76.3 Å². The number of nitrogens with zero attached hydrogens (tertiary/aromatic N) is 2. The van der Waals surface area contributed by atoms with Gasteiger partial charge in [0.25, 0.3) is 0 Å². The Kier molecular flexibility index (Phi) is 6.12. The van der Waals surface area contributed by atoms with E-state index < -0.39 is 0 Å². The Hall–Kier alpha value is -2.11. The highest BCUT2D eigenvalue weighted by atomic mass is 32.2. The van der Waals surface area contributed by atoms with Gasteiger partial charge in [0.15, 0.2) is 5.13 Å². The van der Waals surface area contributed by atoms with E-state index in [1.54, 1.807) is 11.8 Å². The number of aryl methyl sites for hydroxylation is 2. The molecule has 1 aromatic heterocycles. The molecule has 0 N–H and O–H groups in total. The lowest BCUT2D eigenvalue weighted by atomic mass is 10.1. The van der Waals surface area contributed by atoms with E-state index in [9.17, 15) is 4.79 Å². The molecule has 0 unspecified atom stereocenters. The number of thioether (sulfide) groups is 1. The molecule has 26 heavy (non-hydrogen) atoms. The fourth-order valence-corrected chi connectivity index (χ4v) is 4.65. The fourth-order valence-electron chi connectivity index (χ4n) is 2.78. The van der Waals surface area contributed by atoms with Gasteiger partial charge in [-0.25, -0.2) is 4.98 Å². The number of rotatable bonds is 6. The number of benzene rings is 2. The second-order valence-corrected chi connectivity index (χ2v) is 8.07. The lowest BCUT2D eigenvalue weighted by Crippen LogP contribution is -2.23. The highest BCUT2D eigenvalue weighted by Gasteiger charge is 2.19. The zero-order valence-electron chi connectivity index (χ0n) is 15.2. The van der Waals surface area contributed by atoms with Crippen molar-refractivity contribution in [1.29, 1.82) is 0 Å². The summed E-state index contributed by atoms with van der Waals surface area (Å²) in [4.78, 5) is 18.7. The Labute approximate surface area is 163 Å². The third-order valence-corrected chi connectivity index (χ3v) is 5.91. The van der Waals surface area contributed by atoms with E-state index in [0.29, 0.717) is 0 Å². The van der Waals surface area contributed by atoms with Crippen LogP contribution in [0.15, 0.2) is 53.9 Å². The molecule has 2 aromatic carbocycles. The number of carbonyl (C=O) groups is 1. The molecule has 0 saturated heterocycles. The van der Waals surface area contributed by atoms with Crippen molar-refractivity contribution >= 4 is 39.8 Å². The minimum Gasteiger partial charge on any atom is -0.274 e. The van der Waals surface area contributed by atoms with Crippen LogP contribution >= 0.6 is 23.1 Å². The predicted octanol–water partition coefficient (Wildman–Crippen LogP) is 5.88. The molecule has 0 aliphatic rings. The first kappa shape index (κ1) is 18.7. The summed E-state index contributed by atoms with van der Waals surface area (Å²) in [5.74, 6) is 1.78. The highest BCUT2D eigenvalue weighted by molar-refractivity contribution is 7.97. The van der Waals surface area contributed by atoms with Gasteiger partial charge < -0.3 is 0 Å². The molecule has 134 valence electrons. The lowest BCUT2D eigenvalue weighted by molar-refractivity contribution is -0.115. The van der Waals surface area contributed by atoms with Crippen molar-refractivity contribution < 1.29 is 4.79 Å². The number of thiazole rings is 1. The third-order valence-electron chi connectivity index (χ3n) is 4.00. The van der Waals surface area contributed by atoms with Gasteiger partial charge in [-0.15, -0.1) is 11.3 Å². The molecular formula is C21H22N2OS2. The third kappa shape index (κ3) is 4.54. The van der Waals surface area contributed by atoms with E-state index in [1.807, 2.05) is 42.3 Å². The summed E-state index contributed by atoms with van der Waals surface area (Å²) in [6.07, 6.45) is 0. The minimum absolute atomic E-state index is 0.0187. The van der Waals surface area contributed by atoms with Gasteiger partial charge in [0.2, 0.25) is 5.91 Å². The SMILES string of the molecule is CC(=O)N(c1nc(CSCc2ccccc2)cs1)c1ccc(C)cc1C. The second kappa shape index (κ2) is 8.52. The Balaban J connectivity index is 1.72. The molecular weight excluding hydrogens is 360 g/mol. The van der Waals surface area contributed by atoms with Crippen molar-refractivity contribution in [2.75, 3.05) is 4.90 Å². The first-order chi connectivity index (χ1) is 12.5. The number of amides is 1. The zero-order chi connectivity index (χ0) is 18.5. The smallest absolute Gasteiger partial charge is 0.230 e. The normalized spacial score (nSPS) is 10.7. The standard InChI is InChI=1S/C21H22N2OS2/c1-15-9-10-20(16(2)11-15)23(17(3)24)21-22-19(14-26-21)13-25-12-18-7-5-4-6-8-18/h4-11,14H,12-13H2,1-3H3. The van der Waals surface area contributed by atoms with E-state index in [0.717, 1.165) is 33.6 Å². The topological polar surface area (TPSA) is 33.2 Å². The Morgan fingerprint density at radius 1 is 1.12 bits per heavy atom. The summed E-state index contributed by atoms with van der Waals surface area (Å²) in [5, 5.41) is 2.78. The number of anilines is 2. The van der Waals surface area contributed by atoms with Crippen molar-refractivity contribution in [2.24, 2.45) is 0 Å². The Morgan fingerprint density at radius 3 is 2.58 bits per heavy atom. The maximum atomic E-state index is 12.3. The maximum absolute atomic E-state index is 12.3. The van der Waals surface area contributed by atoms with Gasteiger partial charge in [-0.2, -0.15) is 11.8 Å². The molecule has 1 amide bonds. The van der Waals surface area contributed by atoms with Crippen LogP contribution in [0.4, 0.5) is 10.8 Å². The van der Waals surface area contributed by atoms with E-state index in [2.05, 4.69) is 37.3 Å². The molecule has 0 spiro atoms. The van der Waals surface area contributed by atoms with Crippen molar-refractivity contribution in [3.8, 4) is 0 Å².